The molecule has 0 saturated heterocycles. The van der Waals surface area contributed by atoms with Gasteiger partial charge in [-0.25, -0.2) is 9.59 Å². The summed E-state index contributed by atoms with van der Waals surface area (Å²) in [6.07, 6.45) is -0.134. The Kier molecular flexibility index (Phi) is 7.25. The van der Waals surface area contributed by atoms with Gasteiger partial charge >= 0.3 is 12.1 Å². The fraction of sp³-hybridized carbons (Fsp3) is 0.619. The van der Waals surface area contributed by atoms with E-state index in [2.05, 4.69) is 0 Å². The largest absolute Gasteiger partial charge is 0.458 e. The van der Waals surface area contributed by atoms with Gasteiger partial charge in [-0.05, 0) is 61.0 Å². The molecule has 0 saturated carbocycles. The first kappa shape index (κ1) is 22.0. The van der Waals surface area contributed by atoms with E-state index in [4.69, 9.17) is 9.47 Å². The number of likely N-dealkylation sites (N-methyl/N-ethyl adjacent to an activating group) is 1. The van der Waals surface area contributed by atoms with Crippen LogP contribution in [-0.2, 0) is 20.7 Å². The van der Waals surface area contributed by atoms with Crippen LogP contribution in [0.3, 0.4) is 0 Å². The lowest BCUT2D eigenvalue weighted by Gasteiger charge is -2.33. The molecule has 1 unspecified atom stereocenters. The quantitative estimate of drug-likeness (QED) is 0.723. The summed E-state index contributed by atoms with van der Waals surface area (Å²) < 4.78 is 11.1. The molecule has 0 aliphatic carbocycles. The van der Waals surface area contributed by atoms with Crippen molar-refractivity contribution in [2.75, 3.05) is 6.54 Å². The molecule has 0 aliphatic heterocycles. The molecule has 0 spiro atoms. The molecule has 0 aromatic heterocycles. The molecular formula is C21H33NO4. The topological polar surface area (TPSA) is 55.8 Å². The highest BCUT2D eigenvalue weighted by Crippen LogP contribution is 2.19. The van der Waals surface area contributed by atoms with Crippen molar-refractivity contribution in [3.63, 3.8) is 0 Å². The minimum Gasteiger partial charge on any atom is -0.458 e. The van der Waals surface area contributed by atoms with E-state index in [0.29, 0.717) is 13.0 Å². The van der Waals surface area contributed by atoms with Gasteiger partial charge in [0.1, 0.15) is 17.2 Å². The molecule has 0 radical (unpaired) electrons. The smallest absolute Gasteiger partial charge is 0.411 e. The summed E-state index contributed by atoms with van der Waals surface area (Å²) >= 11 is 0. The van der Waals surface area contributed by atoms with Crippen molar-refractivity contribution >= 4 is 12.1 Å². The molecule has 1 aromatic carbocycles. The highest BCUT2D eigenvalue weighted by molar-refractivity contribution is 5.82. The van der Waals surface area contributed by atoms with Crippen molar-refractivity contribution in [2.45, 2.75) is 79.1 Å². The highest BCUT2D eigenvalue weighted by atomic mass is 16.6. The summed E-state index contributed by atoms with van der Waals surface area (Å²) in [5.41, 5.74) is 0.846. The molecule has 1 atom stereocenters. The lowest BCUT2D eigenvalue weighted by atomic mass is 10.0. The van der Waals surface area contributed by atoms with Crippen LogP contribution in [0, 0.1) is 6.92 Å². The number of carbonyl (C=O) groups excluding carboxylic acids is 2. The van der Waals surface area contributed by atoms with Gasteiger partial charge < -0.3 is 9.47 Å². The lowest BCUT2D eigenvalue weighted by Crippen LogP contribution is -2.50. The van der Waals surface area contributed by atoms with Gasteiger partial charge in [-0.2, -0.15) is 0 Å². The Bertz CT molecular complexity index is 608. The summed E-state index contributed by atoms with van der Waals surface area (Å²) in [4.78, 5) is 26.9. The molecule has 1 amide bonds. The fourth-order valence-corrected chi connectivity index (χ4v) is 2.44. The van der Waals surface area contributed by atoms with Gasteiger partial charge in [0.05, 0.1) is 0 Å². The van der Waals surface area contributed by atoms with E-state index < -0.39 is 29.3 Å². The molecule has 1 rings (SSSR count). The number of carbonyl (C=O) groups is 2. The average Bonchev–Trinajstić information content (AvgIpc) is 2.45. The summed E-state index contributed by atoms with van der Waals surface area (Å²) in [5, 5.41) is 0. The number of amides is 1. The summed E-state index contributed by atoms with van der Waals surface area (Å²) in [5.74, 6) is -0.425. The molecule has 1 aromatic rings. The predicted molar refractivity (Wildman–Crippen MR) is 103 cm³/mol. The second-order valence-electron chi connectivity index (χ2n) is 8.51. The molecule has 0 aliphatic rings. The van der Waals surface area contributed by atoms with Crippen LogP contribution in [0.5, 0.6) is 0 Å². The van der Waals surface area contributed by atoms with Crippen LogP contribution in [0.1, 0.15) is 59.6 Å². The van der Waals surface area contributed by atoms with Crippen LogP contribution in [0.25, 0.3) is 0 Å². The zero-order chi connectivity index (χ0) is 20.1. The minimum absolute atomic E-state index is 0.352. The number of rotatable bonds is 5. The van der Waals surface area contributed by atoms with Crippen LogP contribution >= 0.6 is 0 Å². The molecule has 0 heterocycles. The van der Waals surface area contributed by atoms with Crippen LogP contribution < -0.4 is 0 Å². The maximum atomic E-state index is 12.8. The number of ether oxygens (including phenoxy) is 2. The first-order valence-corrected chi connectivity index (χ1v) is 9.10. The number of hydrogen-bond donors (Lipinski definition) is 0. The first-order chi connectivity index (χ1) is 11.8. The van der Waals surface area contributed by atoms with E-state index >= 15 is 0 Å². The maximum Gasteiger partial charge on any atom is 0.411 e. The Hall–Kier alpha value is -2.04. The van der Waals surface area contributed by atoms with Crippen molar-refractivity contribution in [2.24, 2.45) is 0 Å². The number of hydrogen-bond acceptors (Lipinski definition) is 4. The second-order valence-corrected chi connectivity index (χ2v) is 8.51. The van der Waals surface area contributed by atoms with Crippen molar-refractivity contribution < 1.29 is 19.1 Å². The fourth-order valence-electron chi connectivity index (χ4n) is 2.44. The third kappa shape index (κ3) is 7.46. The molecule has 5 heteroatoms. The van der Waals surface area contributed by atoms with E-state index in [1.54, 1.807) is 20.8 Å². The zero-order valence-corrected chi connectivity index (χ0v) is 17.4. The lowest BCUT2D eigenvalue weighted by molar-refractivity contribution is -0.161. The first-order valence-electron chi connectivity index (χ1n) is 9.10. The molecule has 0 bridgehead atoms. The van der Waals surface area contributed by atoms with Gasteiger partial charge in [0.15, 0.2) is 0 Å². The minimum atomic E-state index is -0.739. The van der Waals surface area contributed by atoms with Crippen LogP contribution in [0.15, 0.2) is 24.3 Å². The maximum absolute atomic E-state index is 12.8. The Balaban J connectivity index is 3.12. The number of esters is 1. The predicted octanol–water partition coefficient (Wildman–Crippen LogP) is 4.50. The van der Waals surface area contributed by atoms with Crippen molar-refractivity contribution in [3.05, 3.63) is 35.4 Å². The number of aryl methyl sites for hydroxylation is 1. The Morgan fingerprint density at radius 2 is 1.46 bits per heavy atom. The zero-order valence-electron chi connectivity index (χ0n) is 17.4. The monoisotopic (exact) mass is 363 g/mol. The van der Waals surface area contributed by atoms with Crippen molar-refractivity contribution in [3.8, 4) is 0 Å². The average molecular weight is 363 g/mol. The molecular weight excluding hydrogens is 330 g/mol. The van der Waals surface area contributed by atoms with Crippen LogP contribution in [0.4, 0.5) is 4.79 Å². The van der Waals surface area contributed by atoms with E-state index in [0.717, 1.165) is 11.1 Å². The third-order valence-electron chi connectivity index (χ3n) is 3.57. The summed E-state index contributed by atoms with van der Waals surface area (Å²) in [7, 11) is 0. The molecule has 26 heavy (non-hydrogen) atoms. The van der Waals surface area contributed by atoms with Crippen LogP contribution in [0.2, 0.25) is 0 Å². The molecule has 146 valence electrons. The van der Waals surface area contributed by atoms with E-state index in [-0.39, 0.29) is 0 Å². The second kappa shape index (κ2) is 8.56. The van der Waals surface area contributed by atoms with Gasteiger partial charge in [0.25, 0.3) is 0 Å². The highest BCUT2D eigenvalue weighted by Gasteiger charge is 2.35. The Labute approximate surface area is 157 Å². The van der Waals surface area contributed by atoms with Crippen molar-refractivity contribution in [1.82, 2.24) is 4.90 Å². The van der Waals surface area contributed by atoms with Gasteiger partial charge in [0.2, 0.25) is 0 Å². The normalized spacial score (nSPS) is 13.1. The Morgan fingerprint density at radius 1 is 0.962 bits per heavy atom. The number of nitrogens with zero attached hydrogens (tertiary/aromatic N) is 1. The Morgan fingerprint density at radius 3 is 1.88 bits per heavy atom. The molecule has 5 nitrogen and oxygen atoms in total. The van der Waals surface area contributed by atoms with Gasteiger partial charge in [-0.3, -0.25) is 4.90 Å². The van der Waals surface area contributed by atoms with Gasteiger partial charge in [0, 0.05) is 13.0 Å². The SMILES string of the molecule is CCN(C(=O)OC(C)(C)C)C(Cc1ccc(C)cc1)C(=O)OC(C)(C)C. The molecule has 0 N–H and O–H groups in total. The summed E-state index contributed by atoms with van der Waals surface area (Å²) in [6.45, 7) is 15.1. The number of benzene rings is 1. The van der Waals surface area contributed by atoms with Gasteiger partial charge in [-0.1, -0.05) is 29.8 Å². The van der Waals surface area contributed by atoms with E-state index in [9.17, 15) is 9.59 Å². The summed E-state index contributed by atoms with van der Waals surface area (Å²) in [6, 6.07) is 7.18. The molecule has 0 fully saturated rings. The van der Waals surface area contributed by atoms with Gasteiger partial charge in [-0.15, -0.1) is 0 Å². The van der Waals surface area contributed by atoms with E-state index in [1.807, 2.05) is 58.9 Å². The van der Waals surface area contributed by atoms with Crippen molar-refractivity contribution in [1.29, 1.82) is 0 Å². The standard InChI is InChI=1S/C21H33NO4/c1-9-22(19(24)26-21(6,7)8)17(18(23)25-20(3,4)5)14-16-12-10-15(2)11-13-16/h10-13,17H,9,14H2,1-8H3. The van der Waals surface area contributed by atoms with E-state index in [1.165, 1.54) is 4.90 Å². The van der Waals surface area contributed by atoms with Crippen LogP contribution in [-0.4, -0.2) is 40.8 Å². The third-order valence-corrected chi connectivity index (χ3v) is 3.57.